The Hall–Kier alpha value is -0.230. The predicted octanol–water partition coefficient (Wildman–Crippen LogP) is 3.55. The standard InChI is InChI=1S/C13H20Cl3NO4/c1-6-7(2)10(5-19-9(4)18)20-11(8(6)3)21-12(17)13(14,15)16/h6-8,10-11,17H,5H2,1-4H3/t6-,7-,8?,10?,11?/m0/s1. The van der Waals surface area contributed by atoms with E-state index in [1.54, 1.807) is 0 Å². The van der Waals surface area contributed by atoms with Gasteiger partial charge in [-0.25, -0.2) is 0 Å². The first kappa shape index (κ1) is 18.8. The molecule has 1 N–H and O–H groups in total. The number of esters is 1. The number of ether oxygens (including phenoxy) is 3. The van der Waals surface area contributed by atoms with E-state index in [1.807, 2.05) is 20.8 Å². The van der Waals surface area contributed by atoms with Gasteiger partial charge in [-0.1, -0.05) is 55.6 Å². The van der Waals surface area contributed by atoms with Gasteiger partial charge in [-0.15, -0.1) is 0 Å². The molecule has 0 amide bonds. The Morgan fingerprint density at radius 3 is 2.24 bits per heavy atom. The van der Waals surface area contributed by atoms with Crippen molar-refractivity contribution in [2.45, 2.75) is 43.9 Å². The van der Waals surface area contributed by atoms with Gasteiger partial charge in [0.2, 0.25) is 12.2 Å². The third-order valence-electron chi connectivity index (χ3n) is 3.93. The summed E-state index contributed by atoms with van der Waals surface area (Å²) in [4.78, 5) is 10.9. The fourth-order valence-corrected chi connectivity index (χ4v) is 2.33. The summed E-state index contributed by atoms with van der Waals surface area (Å²) in [7, 11) is 0. The molecule has 0 bridgehead atoms. The molecule has 0 aromatic carbocycles. The zero-order valence-corrected chi connectivity index (χ0v) is 14.6. The number of hydrogen-bond acceptors (Lipinski definition) is 5. The van der Waals surface area contributed by atoms with Crippen LogP contribution in [0.25, 0.3) is 0 Å². The van der Waals surface area contributed by atoms with Crippen molar-refractivity contribution in [3.05, 3.63) is 0 Å². The third-order valence-corrected chi connectivity index (χ3v) is 4.44. The SMILES string of the molecule is CC(=O)OCC1OC(OC(=N)C(Cl)(Cl)Cl)C(C)[C@@H](C)[C@@H]1C. The van der Waals surface area contributed by atoms with Crippen molar-refractivity contribution in [1.29, 1.82) is 5.41 Å². The maximum absolute atomic E-state index is 10.9. The fraction of sp³-hybridized carbons (Fsp3) is 0.846. The molecule has 3 unspecified atom stereocenters. The minimum Gasteiger partial charge on any atom is -0.463 e. The monoisotopic (exact) mass is 359 g/mol. The summed E-state index contributed by atoms with van der Waals surface area (Å²) in [5.74, 6) is -0.462. The molecule has 0 aliphatic carbocycles. The highest BCUT2D eigenvalue weighted by molar-refractivity contribution is 6.76. The quantitative estimate of drug-likeness (QED) is 0.362. The van der Waals surface area contributed by atoms with Gasteiger partial charge in [0.05, 0.1) is 6.10 Å². The van der Waals surface area contributed by atoms with E-state index in [-0.39, 0.29) is 36.4 Å². The highest BCUT2D eigenvalue weighted by Gasteiger charge is 2.42. The number of hydrogen-bond donors (Lipinski definition) is 1. The van der Waals surface area contributed by atoms with E-state index < -0.39 is 16.0 Å². The van der Waals surface area contributed by atoms with Crippen molar-refractivity contribution < 1.29 is 19.0 Å². The van der Waals surface area contributed by atoms with E-state index in [2.05, 4.69) is 0 Å². The van der Waals surface area contributed by atoms with Crippen molar-refractivity contribution in [1.82, 2.24) is 0 Å². The molecule has 1 fully saturated rings. The number of carbonyl (C=O) groups is 1. The first-order valence-electron chi connectivity index (χ1n) is 6.65. The largest absolute Gasteiger partial charge is 0.463 e. The van der Waals surface area contributed by atoms with Crippen LogP contribution < -0.4 is 0 Å². The number of rotatable bonds is 3. The molecule has 1 saturated heterocycles. The Labute approximate surface area is 139 Å². The van der Waals surface area contributed by atoms with Gasteiger partial charge in [-0.2, -0.15) is 0 Å². The fourth-order valence-electron chi connectivity index (χ4n) is 2.19. The van der Waals surface area contributed by atoms with Crippen LogP contribution in [-0.4, -0.2) is 34.7 Å². The lowest BCUT2D eigenvalue weighted by Gasteiger charge is -2.43. The Kier molecular flexibility index (Phi) is 6.59. The van der Waals surface area contributed by atoms with Crippen LogP contribution in [0.15, 0.2) is 0 Å². The maximum Gasteiger partial charge on any atom is 0.302 e. The summed E-state index contributed by atoms with van der Waals surface area (Å²) in [6, 6.07) is 0. The zero-order valence-electron chi connectivity index (χ0n) is 12.4. The second-order valence-electron chi connectivity index (χ2n) is 5.37. The predicted molar refractivity (Wildman–Crippen MR) is 81.9 cm³/mol. The van der Waals surface area contributed by atoms with Crippen LogP contribution in [0.4, 0.5) is 0 Å². The molecule has 5 nitrogen and oxygen atoms in total. The Morgan fingerprint density at radius 1 is 1.19 bits per heavy atom. The first-order valence-corrected chi connectivity index (χ1v) is 7.78. The van der Waals surface area contributed by atoms with E-state index in [4.69, 9.17) is 54.4 Å². The smallest absolute Gasteiger partial charge is 0.302 e. The molecule has 5 atom stereocenters. The summed E-state index contributed by atoms with van der Waals surface area (Å²) in [5.41, 5.74) is 0. The van der Waals surface area contributed by atoms with Crippen LogP contribution in [0.5, 0.6) is 0 Å². The van der Waals surface area contributed by atoms with Gasteiger partial charge in [-0.3, -0.25) is 10.2 Å². The summed E-state index contributed by atoms with van der Waals surface area (Å²) >= 11 is 16.8. The molecule has 1 heterocycles. The number of carbonyl (C=O) groups excluding carboxylic acids is 1. The minimum atomic E-state index is -1.93. The number of alkyl halides is 3. The van der Waals surface area contributed by atoms with Crippen LogP contribution in [-0.2, 0) is 19.0 Å². The maximum atomic E-state index is 10.9. The van der Waals surface area contributed by atoms with Crippen molar-refractivity contribution >= 4 is 46.7 Å². The van der Waals surface area contributed by atoms with Gasteiger partial charge in [0.15, 0.2) is 0 Å². The molecule has 8 heteroatoms. The van der Waals surface area contributed by atoms with Crippen molar-refractivity contribution in [3.8, 4) is 0 Å². The normalized spacial score (nSPS) is 33.4. The van der Waals surface area contributed by atoms with E-state index in [0.717, 1.165) is 0 Å². The molecule has 0 spiro atoms. The van der Waals surface area contributed by atoms with Crippen LogP contribution in [0.3, 0.4) is 0 Å². The van der Waals surface area contributed by atoms with E-state index >= 15 is 0 Å². The van der Waals surface area contributed by atoms with Crippen molar-refractivity contribution in [3.63, 3.8) is 0 Å². The van der Waals surface area contributed by atoms with Crippen molar-refractivity contribution in [2.24, 2.45) is 17.8 Å². The van der Waals surface area contributed by atoms with Gasteiger partial charge in [-0.05, 0) is 11.8 Å². The molecule has 1 rings (SSSR count). The summed E-state index contributed by atoms with van der Waals surface area (Å²) in [6.07, 6.45) is -1.05. The molecule has 21 heavy (non-hydrogen) atoms. The molecule has 122 valence electrons. The average molecular weight is 361 g/mol. The Morgan fingerprint density at radius 2 is 1.76 bits per heavy atom. The van der Waals surface area contributed by atoms with E-state index in [1.165, 1.54) is 6.92 Å². The highest BCUT2D eigenvalue weighted by atomic mass is 35.6. The molecular formula is C13H20Cl3NO4. The highest BCUT2D eigenvalue weighted by Crippen LogP contribution is 2.37. The Balaban J connectivity index is 2.75. The lowest BCUT2D eigenvalue weighted by Crippen LogP contribution is -2.49. The second kappa shape index (κ2) is 7.36. The molecule has 1 aliphatic rings. The number of nitrogens with one attached hydrogen (secondary N) is 1. The number of halogens is 3. The van der Waals surface area contributed by atoms with Crippen molar-refractivity contribution in [2.75, 3.05) is 6.61 Å². The van der Waals surface area contributed by atoms with Crippen LogP contribution in [0, 0.1) is 23.2 Å². The average Bonchev–Trinajstić information content (AvgIpc) is 2.36. The third kappa shape index (κ3) is 5.16. The van der Waals surface area contributed by atoms with Gasteiger partial charge in [0.25, 0.3) is 3.79 Å². The lowest BCUT2D eigenvalue weighted by molar-refractivity contribution is -0.228. The molecule has 0 aromatic rings. The van der Waals surface area contributed by atoms with Gasteiger partial charge in [0, 0.05) is 12.8 Å². The Bertz CT molecular complexity index is 399. The van der Waals surface area contributed by atoms with Gasteiger partial charge < -0.3 is 14.2 Å². The van der Waals surface area contributed by atoms with E-state index in [9.17, 15) is 4.79 Å². The summed E-state index contributed by atoms with van der Waals surface area (Å²) in [5, 5.41) is 7.64. The minimum absolute atomic E-state index is 0.00118. The van der Waals surface area contributed by atoms with Gasteiger partial charge >= 0.3 is 5.97 Å². The lowest BCUT2D eigenvalue weighted by atomic mass is 9.79. The molecule has 0 radical (unpaired) electrons. The summed E-state index contributed by atoms with van der Waals surface area (Å²) < 4.78 is 14.2. The van der Waals surface area contributed by atoms with Crippen LogP contribution in [0.2, 0.25) is 0 Å². The van der Waals surface area contributed by atoms with Crippen LogP contribution >= 0.6 is 34.8 Å². The molecular weight excluding hydrogens is 341 g/mol. The van der Waals surface area contributed by atoms with Crippen LogP contribution in [0.1, 0.15) is 27.7 Å². The molecule has 0 saturated carbocycles. The van der Waals surface area contributed by atoms with E-state index in [0.29, 0.717) is 0 Å². The zero-order chi connectivity index (χ0) is 16.4. The molecule has 0 aromatic heterocycles. The summed E-state index contributed by atoms with van der Waals surface area (Å²) in [6.45, 7) is 7.49. The second-order valence-corrected chi connectivity index (χ2v) is 7.65. The van der Waals surface area contributed by atoms with Gasteiger partial charge in [0.1, 0.15) is 6.61 Å². The first-order chi connectivity index (χ1) is 9.54. The topological polar surface area (TPSA) is 68.6 Å². The molecule has 1 aliphatic heterocycles.